The normalized spacial score (nSPS) is 13.4. The molecule has 1 fully saturated rings. The van der Waals surface area contributed by atoms with E-state index in [1.54, 1.807) is 24.3 Å². The summed E-state index contributed by atoms with van der Waals surface area (Å²) in [7, 11) is 0. The Kier molecular flexibility index (Phi) is 5.85. The molecule has 0 unspecified atom stereocenters. The summed E-state index contributed by atoms with van der Waals surface area (Å²) in [6, 6.07) is 10.8. The molecule has 142 valence electrons. The van der Waals surface area contributed by atoms with E-state index in [1.807, 2.05) is 0 Å². The lowest BCUT2D eigenvalue weighted by atomic mass is 10.2. The monoisotopic (exact) mass is 372 g/mol. The van der Waals surface area contributed by atoms with Crippen molar-refractivity contribution in [3.05, 3.63) is 58.4 Å². The molecule has 1 saturated heterocycles. The lowest BCUT2D eigenvalue weighted by molar-refractivity contribution is -0.384. The van der Waals surface area contributed by atoms with Crippen LogP contribution in [0.4, 0.5) is 27.1 Å². The molecule has 2 N–H and O–H groups in total. The molecule has 1 amide bonds. The van der Waals surface area contributed by atoms with Crippen molar-refractivity contribution in [1.29, 1.82) is 0 Å². The van der Waals surface area contributed by atoms with Gasteiger partial charge in [0.25, 0.3) is 5.69 Å². The fourth-order valence-electron chi connectivity index (χ4n) is 3.12. The Morgan fingerprint density at radius 3 is 2.67 bits per heavy atom. The Hall–Kier alpha value is -3.16. The average Bonchev–Trinajstić information content (AvgIpc) is 3.16. The number of nitro benzene ring substituents is 1. The van der Waals surface area contributed by atoms with Crippen LogP contribution >= 0.6 is 0 Å². The van der Waals surface area contributed by atoms with Gasteiger partial charge in [0, 0.05) is 43.5 Å². The minimum atomic E-state index is -0.477. The zero-order valence-corrected chi connectivity index (χ0v) is 14.8. The van der Waals surface area contributed by atoms with Crippen molar-refractivity contribution < 1.29 is 14.1 Å². The van der Waals surface area contributed by atoms with E-state index in [-0.39, 0.29) is 24.6 Å². The smallest absolute Gasteiger partial charge is 0.292 e. The van der Waals surface area contributed by atoms with E-state index in [9.17, 15) is 19.3 Å². The van der Waals surface area contributed by atoms with Gasteiger partial charge in [0.05, 0.1) is 4.92 Å². The molecule has 2 aromatic rings. The zero-order chi connectivity index (χ0) is 19.2. The zero-order valence-electron chi connectivity index (χ0n) is 14.8. The lowest BCUT2D eigenvalue weighted by Gasteiger charge is -2.19. The standard InChI is InChI=1S/C19H21FN4O3/c20-14-11-15(13-16(12-14)23-9-3-4-10-23)22-19(25)7-8-21-17-5-1-2-6-18(17)24(26)27/h1-2,5-6,11-13,21H,3-4,7-10H2,(H,22,25). The molecule has 0 atom stereocenters. The molecule has 3 rings (SSSR count). The molecule has 27 heavy (non-hydrogen) atoms. The van der Waals surface area contributed by atoms with Gasteiger partial charge in [0.1, 0.15) is 11.5 Å². The van der Waals surface area contributed by atoms with Crippen molar-refractivity contribution in [1.82, 2.24) is 0 Å². The third-order valence-corrected chi connectivity index (χ3v) is 4.41. The summed E-state index contributed by atoms with van der Waals surface area (Å²) in [5, 5.41) is 16.6. The van der Waals surface area contributed by atoms with Crippen LogP contribution in [0.1, 0.15) is 19.3 Å². The second-order valence-electron chi connectivity index (χ2n) is 6.39. The van der Waals surface area contributed by atoms with Gasteiger partial charge in [-0.3, -0.25) is 14.9 Å². The minimum absolute atomic E-state index is 0.0432. The number of nitrogens with zero attached hydrogens (tertiary/aromatic N) is 2. The molecular formula is C19H21FN4O3. The number of para-hydroxylation sites is 2. The van der Waals surface area contributed by atoms with Crippen LogP contribution in [0.25, 0.3) is 0 Å². The predicted octanol–water partition coefficient (Wildman–Crippen LogP) is 3.77. The third-order valence-electron chi connectivity index (χ3n) is 4.41. The quantitative estimate of drug-likeness (QED) is 0.571. The molecule has 0 spiro atoms. The third kappa shape index (κ3) is 4.93. The van der Waals surface area contributed by atoms with Crippen LogP contribution in [0.15, 0.2) is 42.5 Å². The molecule has 0 bridgehead atoms. The number of benzene rings is 2. The summed E-state index contributed by atoms with van der Waals surface area (Å²) in [5.41, 5.74) is 1.49. The largest absolute Gasteiger partial charge is 0.379 e. The van der Waals surface area contributed by atoms with Crippen LogP contribution in [0.2, 0.25) is 0 Å². The molecular weight excluding hydrogens is 351 g/mol. The van der Waals surface area contributed by atoms with Gasteiger partial charge in [-0.05, 0) is 37.1 Å². The highest BCUT2D eigenvalue weighted by Crippen LogP contribution is 2.25. The highest BCUT2D eigenvalue weighted by molar-refractivity contribution is 5.91. The number of carbonyl (C=O) groups excluding carboxylic acids is 1. The van der Waals surface area contributed by atoms with Crippen LogP contribution < -0.4 is 15.5 Å². The number of carbonyl (C=O) groups is 1. The first-order chi connectivity index (χ1) is 13.0. The Morgan fingerprint density at radius 2 is 1.93 bits per heavy atom. The summed E-state index contributed by atoms with van der Waals surface area (Å²) < 4.78 is 13.9. The molecule has 1 aliphatic heterocycles. The van der Waals surface area contributed by atoms with Gasteiger partial charge >= 0.3 is 0 Å². The average molecular weight is 372 g/mol. The van der Waals surface area contributed by atoms with Gasteiger partial charge in [-0.2, -0.15) is 0 Å². The van der Waals surface area contributed by atoms with E-state index in [0.717, 1.165) is 31.6 Å². The first-order valence-electron chi connectivity index (χ1n) is 8.85. The van der Waals surface area contributed by atoms with Crippen molar-refractivity contribution in [3.8, 4) is 0 Å². The number of halogens is 1. The fraction of sp³-hybridized carbons (Fsp3) is 0.316. The molecule has 1 heterocycles. The van der Waals surface area contributed by atoms with Crippen LogP contribution in [0, 0.1) is 15.9 Å². The van der Waals surface area contributed by atoms with E-state index in [4.69, 9.17) is 0 Å². The van der Waals surface area contributed by atoms with Crippen molar-refractivity contribution in [3.63, 3.8) is 0 Å². The summed E-state index contributed by atoms with van der Waals surface area (Å²) in [6.07, 6.45) is 2.26. The van der Waals surface area contributed by atoms with Gasteiger partial charge in [-0.25, -0.2) is 4.39 Å². The van der Waals surface area contributed by atoms with Crippen molar-refractivity contribution in [2.75, 3.05) is 35.2 Å². The topological polar surface area (TPSA) is 87.5 Å². The second-order valence-corrected chi connectivity index (χ2v) is 6.39. The number of anilines is 3. The van der Waals surface area contributed by atoms with Crippen molar-refractivity contribution >= 4 is 28.7 Å². The van der Waals surface area contributed by atoms with Crippen LogP contribution in [-0.4, -0.2) is 30.5 Å². The summed E-state index contributed by atoms with van der Waals surface area (Å²) in [6.45, 7) is 2.00. The molecule has 0 aromatic heterocycles. The van der Waals surface area contributed by atoms with Gasteiger partial charge < -0.3 is 15.5 Å². The predicted molar refractivity (Wildman–Crippen MR) is 103 cm³/mol. The Balaban J connectivity index is 1.56. The molecule has 7 nitrogen and oxygen atoms in total. The van der Waals surface area contributed by atoms with Gasteiger partial charge in [0.2, 0.25) is 5.91 Å². The number of hydrogen-bond donors (Lipinski definition) is 2. The first kappa shape index (κ1) is 18.6. The summed E-state index contributed by atoms with van der Waals surface area (Å²) in [4.78, 5) is 24.7. The first-order valence-corrected chi connectivity index (χ1v) is 8.85. The molecule has 0 radical (unpaired) electrons. The second kappa shape index (κ2) is 8.48. The molecule has 8 heteroatoms. The van der Waals surface area contributed by atoms with Crippen LogP contribution in [-0.2, 0) is 4.79 Å². The Labute approximate surface area is 156 Å². The SMILES string of the molecule is O=C(CCNc1ccccc1[N+](=O)[O-])Nc1cc(F)cc(N2CCCC2)c1. The highest BCUT2D eigenvalue weighted by Gasteiger charge is 2.15. The van der Waals surface area contributed by atoms with Gasteiger partial charge in [-0.1, -0.05) is 12.1 Å². The summed E-state index contributed by atoms with van der Waals surface area (Å²) in [5.74, 6) is -0.688. The van der Waals surface area contributed by atoms with E-state index >= 15 is 0 Å². The number of rotatable bonds is 7. The molecule has 1 aliphatic rings. The van der Waals surface area contributed by atoms with E-state index in [1.165, 1.54) is 18.2 Å². The molecule has 2 aromatic carbocycles. The van der Waals surface area contributed by atoms with Gasteiger partial charge in [0.15, 0.2) is 0 Å². The number of nitrogens with one attached hydrogen (secondary N) is 2. The van der Waals surface area contributed by atoms with Gasteiger partial charge in [-0.15, -0.1) is 0 Å². The lowest BCUT2D eigenvalue weighted by Crippen LogP contribution is -2.19. The number of nitro groups is 1. The van der Waals surface area contributed by atoms with E-state index in [0.29, 0.717) is 11.4 Å². The van der Waals surface area contributed by atoms with E-state index in [2.05, 4.69) is 15.5 Å². The highest BCUT2D eigenvalue weighted by atomic mass is 19.1. The van der Waals surface area contributed by atoms with E-state index < -0.39 is 10.7 Å². The molecule has 0 saturated carbocycles. The maximum Gasteiger partial charge on any atom is 0.292 e. The maximum absolute atomic E-state index is 13.9. The maximum atomic E-state index is 13.9. The van der Waals surface area contributed by atoms with Crippen LogP contribution in [0.5, 0.6) is 0 Å². The van der Waals surface area contributed by atoms with Crippen LogP contribution in [0.3, 0.4) is 0 Å². The number of amides is 1. The Morgan fingerprint density at radius 1 is 1.19 bits per heavy atom. The Bertz CT molecular complexity index is 837. The van der Waals surface area contributed by atoms with Crippen molar-refractivity contribution in [2.24, 2.45) is 0 Å². The minimum Gasteiger partial charge on any atom is -0.379 e. The fourth-order valence-corrected chi connectivity index (χ4v) is 3.12. The van der Waals surface area contributed by atoms with Crippen molar-refractivity contribution in [2.45, 2.75) is 19.3 Å². The molecule has 0 aliphatic carbocycles. The summed E-state index contributed by atoms with van der Waals surface area (Å²) >= 11 is 0. The number of hydrogen-bond acceptors (Lipinski definition) is 5.